The molecule has 0 aliphatic carbocycles. The first kappa shape index (κ1) is 17.7. The van der Waals surface area contributed by atoms with Gasteiger partial charge in [-0.05, 0) is 35.9 Å². The van der Waals surface area contributed by atoms with E-state index in [-0.39, 0.29) is 17.6 Å². The number of nitrogens with one attached hydrogen (secondary N) is 3. The predicted molar refractivity (Wildman–Crippen MR) is 102 cm³/mol. The third kappa shape index (κ3) is 4.70. The van der Waals surface area contributed by atoms with E-state index in [9.17, 15) is 9.59 Å². The van der Waals surface area contributed by atoms with Crippen molar-refractivity contribution in [2.24, 2.45) is 0 Å². The van der Waals surface area contributed by atoms with E-state index in [4.69, 9.17) is 0 Å². The maximum absolute atomic E-state index is 12.1. The van der Waals surface area contributed by atoms with Gasteiger partial charge in [0.15, 0.2) is 10.8 Å². The molecular weight excluding hydrogens is 350 g/mol. The van der Waals surface area contributed by atoms with Crippen LogP contribution in [0.25, 0.3) is 11.2 Å². The van der Waals surface area contributed by atoms with Gasteiger partial charge in [0.1, 0.15) is 0 Å². The molecule has 2 aromatic heterocycles. The lowest BCUT2D eigenvalue weighted by Crippen LogP contribution is -2.20. The molecule has 0 radical (unpaired) electrons. The number of rotatable bonds is 7. The van der Waals surface area contributed by atoms with Crippen molar-refractivity contribution in [3.8, 4) is 0 Å². The van der Waals surface area contributed by atoms with Crippen LogP contribution in [0.15, 0.2) is 60.4 Å². The standard InChI is InChI=1S/C18H17N5O2S/c1-2-15(24)20-10-12-5-7-13(8-6-12)21-16(25)11-26-18-22-14-4-3-9-19-17(14)23-18/h2-9H,1,10-11H2,(H,20,24)(H,21,25)(H,19,22,23). The molecule has 0 unspecified atom stereocenters. The number of pyridine rings is 1. The van der Waals surface area contributed by atoms with Gasteiger partial charge in [-0.2, -0.15) is 0 Å². The van der Waals surface area contributed by atoms with Crippen LogP contribution >= 0.6 is 11.8 Å². The second-order valence-electron chi connectivity index (χ2n) is 5.37. The Morgan fingerprint density at radius 1 is 1.23 bits per heavy atom. The number of imidazole rings is 1. The van der Waals surface area contributed by atoms with Crippen LogP contribution in [0.5, 0.6) is 0 Å². The highest BCUT2D eigenvalue weighted by atomic mass is 32.2. The summed E-state index contributed by atoms with van der Waals surface area (Å²) < 4.78 is 0. The summed E-state index contributed by atoms with van der Waals surface area (Å²) in [5.74, 6) is -0.118. The van der Waals surface area contributed by atoms with Gasteiger partial charge in [0, 0.05) is 18.4 Å². The lowest BCUT2D eigenvalue weighted by Gasteiger charge is -2.06. The van der Waals surface area contributed by atoms with Crippen molar-refractivity contribution in [1.29, 1.82) is 0 Å². The Morgan fingerprint density at radius 2 is 2.04 bits per heavy atom. The first-order chi connectivity index (χ1) is 12.6. The first-order valence-electron chi connectivity index (χ1n) is 7.86. The van der Waals surface area contributed by atoms with Gasteiger partial charge in [-0.15, -0.1) is 0 Å². The zero-order valence-corrected chi connectivity index (χ0v) is 14.7. The molecule has 132 valence electrons. The molecule has 8 heteroatoms. The van der Waals surface area contributed by atoms with Crippen LogP contribution in [-0.2, 0) is 16.1 Å². The molecule has 26 heavy (non-hydrogen) atoms. The fourth-order valence-electron chi connectivity index (χ4n) is 2.19. The molecule has 0 spiro atoms. The monoisotopic (exact) mass is 367 g/mol. The van der Waals surface area contributed by atoms with Gasteiger partial charge >= 0.3 is 0 Å². The number of aromatic amines is 1. The average molecular weight is 367 g/mol. The van der Waals surface area contributed by atoms with Crippen molar-refractivity contribution in [3.63, 3.8) is 0 Å². The van der Waals surface area contributed by atoms with Crippen molar-refractivity contribution >= 4 is 40.4 Å². The van der Waals surface area contributed by atoms with Crippen LogP contribution in [0.3, 0.4) is 0 Å². The minimum absolute atomic E-state index is 0.129. The molecule has 2 amide bonds. The van der Waals surface area contributed by atoms with Crippen molar-refractivity contribution in [2.45, 2.75) is 11.7 Å². The zero-order valence-electron chi connectivity index (χ0n) is 13.9. The fourth-order valence-corrected chi connectivity index (χ4v) is 2.86. The molecule has 3 rings (SSSR count). The molecule has 1 aromatic carbocycles. The number of carbonyl (C=O) groups is 2. The van der Waals surface area contributed by atoms with E-state index in [0.29, 0.717) is 23.0 Å². The van der Waals surface area contributed by atoms with Gasteiger partial charge in [-0.25, -0.2) is 9.97 Å². The smallest absolute Gasteiger partial charge is 0.243 e. The Hall–Kier alpha value is -3.13. The summed E-state index contributed by atoms with van der Waals surface area (Å²) in [7, 11) is 0. The van der Waals surface area contributed by atoms with E-state index >= 15 is 0 Å². The third-order valence-corrected chi connectivity index (χ3v) is 4.34. The largest absolute Gasteiger partial charge is 0.348 e. The summed E-state index contributed by atoms with van der Waals surface area (Å²) in [6, 6.07) is 11.0. The molecule has 7 nitrogen and oxygen atoms in total. The minimum Gasteiger partial charge on any atom is -0.348 e. The Balaban J connectivity index is 1.49. The third-order valence-electron chi connectivity index (χ3n) is 3.47. The first-order valence-corrected chi connectivity index (χ1v) is 8.85. The number of benzene rings is 1. The van der Waals surface area contributed by atoms with Gasteiger partial charge in [0.05, 0.1) is 11.3 Å². The Labute approximate surface area is 154 Å². The molecule has 3 N–H and O–H groups in total. The van der Waals surface area contributed by atoms with Crippen molar-refractivity contribution in [1.82, 2.24) is 20.3 Å². The second-order valence-corrected chi connectivity index (χ2v) is 6.34. The molecule has 0 bridgehead atoms. The molecule has 0 saturated carbocycles. The highest BCUT2D eigenvalue weighted by Crippen LogP contribution is 2.18. The summed E-state index contributed by atoms with van der Waals surface area (Å²) in [5, 5.41) is 6.18. The Bertz CT molecular complexity index is 903. The molecule has 0 atom stereocenters. The Morgan fingerprint density at radius 3 is 2.77 bits per heavy atom. The van der Waals surface area contributed by atoms with Gasteiger partial charge in [0.25, 0.3) is 0 Å². The lowest BCUT2D eigenvalue weighted by atomic mass is 10.2. The van der Waals surface area contributed by atoms with Crippen molar-refractivity contribution < 1.29 is 9.59 Å². The molecule has 0 aliphatic heterocycles. The second kappa shape index (κ2) is 8.30. The van der Waals surface area contributed by atoms with Gasteiger partial charge in [-0.3, -0.25) is 9.59 Å². The van der Waals surface area contributed by atoms with Gasteiger partial charge in [0.2, 0.25) is 11.8 Å². The number of hydrogen-bond acceptors (Lipinski definition) is 5. The fraction of sp³-hybridized carbons (Fsp3) is 0.111. The highest BCUT2D eigenvalue weighted by molar-refractivity contribution is 7.99. The number of anilines is 1. The van der Waals surface area contributed by atoms with E-state index in [1.165, 1.54) is 17.8 Å². The number of thioether (sulfide) groups is 1. The van der Waals surface area contributed by atoms with Crippen LogP contribution in [0.4, 0.5) is 5.69 Å². The van der Waals surface area contributed by atoms with Crippen LogP contribution in [0.1, 0.15) is 5.56 Å². The predicted octanol–water partition coefficient (Wildman–Crippen LogP) is 2.49. The summed E-state index contributed by atoms with van der Waals surface area (Å²) in [4.78, 5) is 34.8. The van der Waals surface area contributed by atoms with E-state index in [1.54, 1.807) is 18.3 Å². The summed E-state index contributed by atoms with van der Waals surface area (Å²) in [6.45, 7) is 3.81. The van der Waals surface area contributed by atoms with Gasteiger partial charge < -0.3 is 15.6 Å². The maximum Gasteiger partial charge on any atom is 0.243 e. The van der Waals surface area contributed by atoms with Gasteiger partial charge in [-0.1, -0.05) is 30.5 Å². The van der Waals surface area contributed by atoms with Crippen LogP contribution in [0.2, 0.25) is 0 Å². The molecule has 0 fully saturated rings. The van der Waals surface area contributed by atoms with Crippen LogP contribution < -0.4 is 10.6 Å². The lowest BCUT2D eigenvalue weighted by molar-refractivity contribution is -0.116. The number of carbonyl (C=O) groups excluding carboxylic acids is 2. The number of fused-ring (bicyclic) bond motifs is 1. The number of amides is 2. The summed E-state index contributed by atoms with van der Waals surface area (Å²) in [5.41, 5.74) is 3.10. The van der Waals surface area contributed by atoms with Crippen LogP contribution in [0, 0.1) is 0 Å². The number of H-pyrrole nitrogens is 1. The molecule has 2 heterocycles. The average Bonchev–Trinajstić information content (AvgIpc) is 3.08. The number of nitrogens with zero attached hydrogens (tertiary/aromatic N) is 2. The van der Waals surface area contributed by atoms with Crippen molar-refractivity contribution in [2.75, 3.05) is 11.1 Å². The zero-order chi connectivity index (χ0) is 18.4. The summed E-state index contributed by atoms with van der Waals surface area (Å²) in [6.07, 6.45) is 2.90. The van der Waals surface area contributed by atoms with Crippen molar-refractivity contribution in [3.05, 3.63) is 60.8 Å². The molecule has 0 aliphatic rings. The number of hydrogen-bond donors (Lipinski definition) is 3. The molecule has 3 aromatic rings. The SMILES string of the molecule is C=CC(=O)NCc1ccc(NC(=O)CSc2nc3ncccc3[nH]2)cc1. The quantitative estimate of drug-likeness (QED) is 0.440. The maximum atomic E-state index is 12.1. The van der Waals surface area contributed by atoms with E-state index in [0.717, 1.165) is 11.1 Å². The minimum atomic E-state index is -0.222. The van der Waals surface area contributed by atoms with Crippen LogP contribution in [-0.4, -0.2) is 32.5 Å². The molecule has 0 saturated heterocycles. The number of aromatic nitrogens is 3. The Kier molecular flexibility index (Phi) is 5.65. The topological polar surface area (TPSA) is 99.8 Å². The van der Waals surface area contributed by atoms with E-state index in [1.807, 2.05) is 24.3 Å². The normalized spacial score (nSPS) is 10.5. The molecular formula is C18H17N5O2S. The highest BCUT2D eigenvalue weighted by Gasteiger charge is 2.08. The van der Waals surface area contributed by atoms with E-state index in [2.05, 4.69) is 32.2 Å². The summed E-state index contributed by atoms with van der Waals surface area (Å²) >= 11 is 1.31. The van der Waals surface area contributed by atoms with E-state index < -0.39 is 0 Å².